The van der Waals surface area contributed by atoms with Crippen LogP contribution >= 0.6 is 11.8 Å². The molecule has 0 radical (unpaired) electrons. The number of likely N-dealkylation sites (tertiary alicyclic amines) is 1. The van der Waals surface area contributed by atoms with Crippen LogP contribution in [0.15, 0.2) is 58.5 Å². The zero-order valence-electron chi connectivity index (χ0n) is 17.5. The van der Waals surface area contributed by atoms with Gasteiger partial charge in [-0.05, 0) is 55.7 Å². The summed E-state index contributed by atoms with van der Waals surface area (Å²) in [5.41, 5.74) is 1.04. The molecule has 4 rings (SSSR count). The molecule has 1 aliphatic rings. The average Bonchev–Trinajstić information content (AvgIpc) is 2.80. The number of quaternary nitrogens is 1. The van der Waals surface area contributed by atoms with E-state index in [1.807, 2.05) is 18.2 Å². The summed E-state index contributed by atoms with van der Waals surface area (Å²) in [7, 11) is 0. The summed E-state index contributed by atoms with van der Waals surface area (Å²) < 4.78 is 14.8. The molecule has 5 nitrogen and oxygen atoms in total. The second-order valence-electron chi connectivity index (χ2n) is 8.00. The van der Waals surface area contributed by atoms with Crippen molar-refractivity contribution in [1.29, 1.82) is 0 Å². The van der Waals surface area contributed by atoms with Crippen molar-refractivity contribution in [3.8, 4) is 0 Å². The number of rotatable bonds is 8. The summed E-state index contributed by atoms with van der Waals surface area (Å²) in [6.45, 7) is 4.04. The number of nitrogens with zero attached hydrogens (tertiary/aromatic N) is 2. The maximum Gasteiger partial charge on any atom is 0.262 e. The summed E-state index contributed by atoms with van der Waals surface area (Å²) in [6, 6.07) is 12.9. The Labute approximate surface area is 185 Å². The number of fused-ring (bicyclic) bond motifs is 1. The number of Topliss-reactive ketones (excluding diaryl/α,β-unsaturated/α-hetero) is 1. The van der Waals surface area contributed by atoms with Crippen molar-refractivity contribution in [3.05, 3.63) is 70.3 Å². The third kappa shape index (κ3) is 5.40. The number of carbonyl (C=O) groups excluding carboxylic acids is 1. The number of hydrogen-bond acceptors (Lipinski definition) is 4. The minimum atomic E-state index is -0.370. The predicted octanol–water partition coefficient (Wildman–Crippen LogP) is 2.97. The van der Waals surface area contributed by atoms with Crippen LogP contribution in [-0.2, 0) is 6.54 Å². The Morgan fingerprint density at radius 2 is 1.81 bits per heavy atom. The number of thioether (sulfide) groups is 1. The molecule has 0 saturated carbocycles. The molecular weight excluding hydrogens is 413 g/mol. The van der Waals surface area contributed by atoms with E-state index in [1.54, 1.807) is 15.5 Å². The van der Waals surface area contributed by atoms with Crippen molar-refractivity contribution in [1.82, 2.24) is 9.55 Å². The number of piperidine rings is 1. The Hall–Kier alpha value is -2.51. The fraction of sp³-hybridized carbons (Fsp3) is 0.375. The minimum absolute atomic E-state index is 0.0593. The van der Waals surface area contributed by atoms with Crippen LogP contribution in [0.25, 0.3) is 10.9 Å². The first-order chi connectivity index (χ1) is 15.1. The van der Waals surface area contributed by atoms with Crippen molar-refractivity contribution in [3.63, 3.8) is 0 Å². The molecular formula is C24H27FN3O2S+. The van der Waals surface area contributed by atoms with Crippen molar-refractivity contribution < 1.29 is 14.1 Å². The molecule has 1 N–H and O–H groups in total. The van der Waals surface area contributed by atoms with Crippen LogP contribution in [0.5, 0.6) is 0 Å². The Morgan fingerprint density at radius 3 is 2.58 bits per heavy atom. The molecule has 1 aromatic heterocycles. The topological polar surface area (TPSA) is 56.4 Å². The third-order valence-electron chi connectivity index (χ3n) is 5.80. The zero-order valence-corrected chi connectivity index (χ0v) is 18.3. The maximum atomic E-state index is 13.2. The van der Waals surface area contributed by atoms with Crippen molar-refractivity contribution in [2.45, 2.75) is 37.4 Å². The molecule has 31 heavy (non-hydrogen) atoms. The monoisotopic (exact) mass is 440 g/mol. The van der Waals surface area contributed by atoms with Crippen LogP contribution in [0.3, 0.4) is 0 Å². The molecule has 0 amide bonds. The van der Waals surface area contributed by atoms with E-state index in [4.69, 9.17) is 0 Å². The molecule has 1 aliphatic heterocycles. The molecule has 7 heteroatoms. The lowest BCUT2D eigenvalue weighted by Crippen LogP contribution is -3.12. The lowest BCUT2D eigenvalue weighted by Gasteiger charge is -2.23. The average molecular weight is 441 g/mol. The summed E-state index contributed by atoms with van der Waals surface area (Å²) >= 11 is 1.27. The van der Waals surface area contributed by atoms with Crippen LogP contribution in [0, 0.1) is 5.82 Å². The largest absolute Gasteiger partial charge is 0.335 e. The Kier molecular flexibility index (Phi) is 7.14. The molecule has 0 atom stereocenters. The summed E-state index contributed by atoms with van der Waals surface area (Å²) in [5.74, 6) is -0.338. The van der Waals surface area contributed by atoms with Gasteiger partial charge in [0, 0.05) is 18.5 Å². The predicted molar refractivity (Wildman–Crippen MR) is 121 cm³/mol. The van der Waals surface area contributed by atoms with Gasteiger partial charge in [-0.25, -0.2) is 9.37 Å². The van der Waals surface area contributed by atoms with Gasteiger partial charge in [0.1, 0.15) is 5.82 Å². The zero-order chi connectivity index (χ0) is 21.6. The summed E-state index contributed by atoms with van der Waals surface area (Å²) in [6.07, 6.45) is 4.77. The summed E-state index contributed by atoms with van der Waals surface area (Å²) in [5, 5.41) is 1.16. The Morgan fingerprint density at radius 1 is 1.06 bits per heavy atom. The molecule has 2 aromatic carbocycles. The fourth-order valence-corrected chi connectivity index (χ4v) is 5.01. The van der Waals surface area contributed by atoms with Gasteiger partial charge in [-0.2, -0.15) is 0 Å². The van der Waals surface area contributed by atoms with Crippen molar-refractivity contribution >= 4 is 28.4 Å². The van der Waals surface area contributed by atoms with E-state index in [0.29, 0.717) is 28.2 Å². The van der Waals surface area contributed by atoms with Gasteiger partial charge in [0.2, 0.25) is 0 Å². The molecule has 1 saturated heterocycles. The number of ketones is 1. The van der Waals surface area contributed by atoms with Crippen LogP contribution in [0.1, 0.15) is 36.0 Å². The highest BCUT2D eigenvalue weighted by atomic mass is 32.2. The standard InChI is InChI=1S/C24H26FN3O2S/c25-19-11-9-18(10-12-19)22(29)17-31-24-26-21-8-3-2-7-20(21)23(30)28(24)16-6-15-27-13-4-1-5-14-27/h2-3,7-12H,1,4-6,13-17H2/p+1. The second kappa shape index (κ2) is 10.2. The number of para-hydroxylation sites is 1. The number of halogens is 1. The third-order valence-corrected chi connectivity index (χ3v) is 6.77. The highest BCUT2D eigenvalue weighted by molar-refractivity contribution is 7.99. The lowest BCUT2D eigenvalue weighted by molar-refractivity contribution is -0.905. The highest BCUT2D eigenvalue weighted by Crippen LogP contribution is 2.19. The maximum absolute atomic E-state index is 13.2. The van der Waals surface area contributed by atoms with E-state index in [-0.39, 0.29) is 22.9 Å². The molecule has 0 spiro atoms. The molecule has 3 aromatic rings. The van der Waals surface area contributed by atoms with Gasteiger partial charge in [-0.15, -0.1) is 0 Å². The normalized spacial score (nSPS) is 14.7. The summed E-state index contributed by atoms with van der Waals surface area (Å²) in [4.78, 5) is 32.0. The number of aromatic nitrogens is 2. The molecule has 162 valence electrons. The van der Waals surface area contributed by atoms with Crippen molar-refractivity contribution in [2.75, 3.05) is 25.4 Å². The van der Waals surface area contributed by atoms with E-state index in [1.165, 1.54) is 68.4 Å². The number of nitrogens with one attached hydrogen (secondary N) is 1. The van der Waals surface area contributed by atoms with Gasteiger partial charge in [0.15, 0.2) is 10.9 Å². The van der Waals surface area contributed by atoms with E-state index < -0.39 is 0 Å². The highest BCUT2D eigenvalue weighted by Gasteiger charge is 2.16. The van der Waals surface area contributed by atoms with Gasteiger partial charge in [0.25, 0.3) is 5.56 Å². The SMILES string of the molecule is O=C(CSc1nc2ccccc2c(=O)n1CCC[NH+]1CCCCC1)c1ccc(F)cc1. The van der Waals surface area contributed by atoms with Crippen molar-refractivity contribution in [2.24, 2.45) is 0 Å². The second-order valence-corrected chi connectivity index (χ2v) is 8.94. The van der Waals surface area contributed by atoms with Gasteiger partial charge < -0.3 is 4.90 Å². The van der Waals surface area contributed by atoms with E-state index in [0.717, 1.165) is 13.0 Å². The quantitative estimate of drug-likeness (QED) is 0.332. The van der Waals surface area contributed by atoms with Gasteiger partial charge in [-0.3, -0.25) is 14.2 Å². The van der Waals surface area contributed by atoms with Crippen LogP contribution in [0.4, 0.5) is 4.39 Å². The molecule has 0 aliphatic carbocycles. The minimum Gasteiger partial charge on any atom is -0.335 e. The molecule has 2 heterocycles. The van der Waals surface area contributed by atoms with E-state index in [2.05, 4.69) is 4.98 Å². The van der Waals surface area contributed by atoms with Crippen LogP contribution in [-0.4, -0.2) is 40.7 Å². The Bertz CT molecular complexity index is 1110. The molecule has 1 fully saturated rings. The smallest absolute Gasteiger partial charge is 0.262 e. The lowest BCUT2D eigenvalue weighted by atomic mass is 10.1. The number of benzene rings is 2. The van der Waals surface area contributed by atoms with Gasteiger partial charge in [-0.1, -0.05) is 23.9 Å². The van der Waals surface area contributed by atoms with Crippen LogP contribution in [0.2, 0.25) is 0 Å². The first-order valence-corrected chi connectivity index (χ1v) is 11.8. The molecule has 0 bridgehead atoms. The van der Waals surface area contributed by atoms with Crippen LogP contribution < -0.4 is 10.5 Å². The van der Waals surface area contributed by atoms with E-state index in [9.17, 15) is 14.0 Å². The number of carbonyl (C=O) groups is 1. The molecule has 0 unspecified atom stereocenters. The van der Waals surface area contributed by atoms with E-state index >= 15 is 0 Å². The van der Waals surface area contributed by atoms with Gasteiger partial charge >= 0.3 is 0 Å². The first-order valence-electron chi connectivity index (χ1n) is 10.9. The number of hydrogen-bond donors (Lipinski definition) is 1. The Balaban J connectivity index is 1.52. The fourth-order valence-electron chi connectivity index (χ4n) is 4.09. The first kappa shape index (κ1) is 21.7. The van der Waals surface area contributed by atoms with Gasteiger partial charge in [0.05, 0.1) is 36.3 Å².